The van der Waals surface area contributed by atoms with E-state index in [2.05, 4.69) is 10.1 Å². The van der Waals surface area contributed by atoms with Crippen LogP contribution in [0.2, 0.25) is 5.02 Å². The van der Waals surface area contributed by atoms with Crippen LogP contribution < -0.4 is 0 Å². The van der Waals surface area contributed by atoms with Gasteiger partial charge in [-0.1, -0.05) is 42.7 Å². The molecule has 2 aromatic rings. The summed E-state index contributed by atoms with van der Waals surface area (Å²) in [5.74, 6) is 1.01. The largest absolute Gasteiger partial charge is 0.339 e. The van der Waals surface area contributed by atoms with Gasteiger partial charge in [0.25, 0.3) is 0 Å². The van der Waals surface area contributed by atoms with Gasteiger partial charge in [-0.25, -0.2) is 0 Å². The quantitative estimate of drug-likeness (QED) is 0.843. The summed E-state index contributed by atoms with van der Waals surface area (Å²) < 4.78 is 5.07. The normalized spacial score (nSPS) is 10.9. The topological polar surface area (TPSA) is 56.0 Å². The van der Waals surface area contributed by atoms with Crippen molar-refractivity contribution in [3.05, 3.63) is 46.6 Å². The van der Waals surface area contributed by atoms with Gasteiger partial charge in [-0.15, -0.1) is 0 Å². The van der Waals surface area contributed by atoms with Crippen LogP contribution in [0.4, 0.5) is 0 Å². The lowest BCUT2D eigenvalue weighted by Crippen LogP contribution is -2.10. The van der Waals surface area contributed by atoms with Crippen LogP contribution in [0.3, 0.4) is 0 Å². The first-order valence-corrected chi connectivity index (χ1v) is 6.51. The molecular weight excluding hydrogens is 264 g/mol. The Morgan fingerprint density at radius 1 is 1.42 bits per heavy atom. The second-order valence-electron chi connectivity index (χ2n) is 4.71. The lowest BCUT2D eigenvalue weighted by atomic mass is 10.1. The van der Waals surface area contributed by atoms with E-state index in [4.69, 9.17) is 16.1 Å². The van der Waals surface area contributed by atoms with Crippen molar-refractivity contribution in [2.24, 2.45) is 5.92 Å². The maximum Gasteiger partial charge on any atom is 0.234 e. The van der Waals surface area contributed by atoms with E-state index in [1.54, 1.807) is 0 Å². The second-order valence-corrected chi connectivity index (χ2v) is 5.15. The summed E-state index contributed by atoms with van der Waals surface area (Å²) in [7, 11) is 0. The molecule has 4 nitrogen and oxygen atoms in total. The van der Waals surface area contributed by atoms with Crippen LogP contribution in [-0.2, 0) is 17.6 Å². The van der Waals surface area contributed by atoms with Crippen molar-refractivity contribution in [2.45, 2.75) is 26.7 Å². The van der Waals surface area contributed by atoms with Crippen molar-refractivity contribution in [1.82, 2.24) is 10.1 Å². The fourth-order valence-corrected chi connectivity index (χ4v) is 1.83. The van der Waals surface area contributed by atoms with Crippen LogP contribution in [0.15, 0.2) is 28.8 Å². The zero-order valence-corrected chi connectivity index (χ0v) is 11.6. The van der Waals surface area contributed by atoms with Crippen molar-refractivity contribution < 1.29 is 9.32 Å². The molecule has 0 atom stereocenters. The van der Waals surface area contributed by atoms with Crippen LogP contribution in [0.5, 0.6) is 0 Å². The average Bonchev–Trinajstić information content (AvgIpc) is 2.76. The first-order chi connectivity index (χ1) is 9.04. The smallest absolute Gasteiger partial charge is 0.234 e. The SMILES string of the molecule is CC(C)C(=O)Cc1nc(Cc2cccc(Cl)c2)no1. The van der Waals surface area contributed by atoms with Gasteiger partial charge in [0, 0.05) is 17.4 Å². The van der Waals surface area contributed by atoms with Crippen LogP contribution in [0.1, 0.15) is 31.1 Å². The molecule has 0 N–H and O–H groups in total. The zero-order valence-electron chi connectivity index (χ0n) is 10.9. The molecule has 0 spiro atoms. The predicted molar refractivity (Wildman–Crippen MR) is 72.1 cm³/mol. The summed E-state index contributed by atoms with van der Waals surface area (Å²) in [6.45, 7) is 3.71. The predicted octanol–water partition coefficient (Wildman–Crippen LogP) is 3.08. The van der Waals surface area contributed by atoms with Crippen LogP contribution in [0, 0.1) is 5.92 Å². The van der Waals surface area contributed by atoms with Gasteiger partial charge < -0.3 is 4.52 Å². The molecule has 0 aliphatic carbocycles. The monoisotopic (exact) mass is 278 g/mol. The number of benzene rings is 1. The van der Waals surface area contributed by atoms with Gasteiger partial charge in [-0.3, -0.25) is 4.79 Å². The van der Waals surface area contributed by atoms with Gasteiger partial charge in [0.1, 0.15) is 5.78 Å². The second kappa shape index (κ2) is 5.97. The first-order valence-electron chi connectivity index (χ1n) is 6.13. The van der Waals surface area contributed by atoms with Gasteiger partial charge in [0.05, 0.1) is 6.42 Å². The van der Waals surface area contributed by atoms with Crippen molar-refractivity contribution >= 4 is 17.4 Å². The van der Waals surface area contributed by atoms with Gasteiger partial charge in [-0.05, 0) is 17.7 Å². The molecule has 0 saturated carbocycles. The minimum absolute atomic E-state index is 0.0247. The highest BCUT2D eigenvalue weighted by Crippen LogP contribution is 2.13. The van der Waals surface area contributed by atoms with E-state index < -0.39 is 0 Å². The Hall–Kier alpha value is -1.68. The first kappa shape index (κ1) is 13.7. The Balaban J connectivity index is 2.03. The van der Waals surface area contributed by atoms with Gasteiger partial charge in [-0.2, -0.15) is 4.98 Å². The van der Waals surface area contributed by atoms with E-state index in [1.165, 1.54) is 0 Å². The fourth-order valence-electron chi connectivity index (χ4n) is 1.62. The molecule has 1 aromatic heterocycles. The zero-order chi connectivity index (χ0) is 13.8. The molecule has 0 amide bonds. The maximum absolute atomic E-state index is 11.6. The van der Waals surface area contributed by atoms with E-state index in [9.17, 15) is 4.79 Å². The number of nitrogens with zero attached hydrogens (tertiary/aromatic N) is 2. The third-order valence-electron chi connectivity index (χ3n) is 2.73. The minimum Gasteiger partial charge on any atom is -0.339 e. The molecular formula is C14H15ClN2O2. The Bertz CT molecular complexity index is 578. The molecule has 0 bridgehead atoms. The highest BCUT2D eigenvalue weighted by atomic mass is 35.5. The summed E-state index contributed by atoms with van der Waals surface area (Å²) in [6.07, 6.45) is 0.736. The van der Waals surface area contributed by atoms with Crippen molar-refractivity contribution in [3.8, 4) is 0 Å². The molecule has 0 fully saturated rings. The molecule has 19 heavy (non-hydrogen) atoms. The number of hydrogen-bond acceptors (Lipinski definition) is 4. The van der Waals surface area contributed by atoms with Gasteiger partial charge in [0.2, 0.25) is 5.89 Å². The summed E-state index contributed by atoms with van der Waals surface area (Å²) >= 11 is 5.91. The molecule has 5 heteroatoms. The number of hydrogen-bond donors (Lipinski definition) is 0. The lowest BCUT2D eigenvalue weighted by Gasteiger charge is -1.98. The number of halogens is 1. The van der Waals surface area contributed by atoms with Crippen molar-refractivity contribution in [3.63, 3.8) is 0 Å². The molecule has 0 unspecified atom stereocenters. The molecule has 0 aliphatic heterocycles. The van der Waals surface area contributed by atoms with Crippen molar-refractivity contribution in [1.29, 1.82) is 0 Å². The van der Waals surface area contributed by atoms with E-state index in [1.807, 2.05) is 38.1 Å². The fraction of sp³-hybridized carbons (Fsp3) is 0.357. The number of carbonyl (C=O) groups is 1. The molecule has 2 rings (SSSR count). The summed E-state index contributed by atoms with van der Waals surface area (Å²) in [6, 6.07) is 7.49. The molecule has 0 saturated heterocycles. The number of rotatable bonds is 5. The van der Waals surface area contributed by atoms with Crippen LogP contribution >= 0.6 is 11.6 Å². The van der Waals surface area contributed by atoms with Gasteiger partial charge >= 0.3 is 0 Å². The van der Waals surface area contributed by atoms with Crippen molar-refractivity contribution in [2.75, 3.05) is 0 Å². The highest BCUT2D eigenvalue weighted by Gasteiger charge is 2.14. The van der Waals surface area contributed by atoms with E-state index in [0.29, 0.717) is 23.2 Å². The average molecular weight is 279 g/mol. The summed E-state index contributed by atoms with van der Waals surface area (Å²) in [4.78, 5) is 15.8. The Labute approximate surface area is 116 Å². The number of ketones is 1. The maximum atomic E-state index is 11.6. The Morgan fingerprint density at radius 2 is 2.21 bits per heavy atom. The molecule has 100 valence electrons. The van der Waals surface area contributed by atoms with Crippen LogP contribution in [0.25, 0.3) is 0 Å². The van der Waals surface area contributed by atoms with E-state index in [-0.39, 0.29) is 18.1 Å². The number of carbonyl (C=O) groups excluding carboxylic acids is 1. The van der Waals surface area contributed by atoms with E-state index in [0.717, 1.165) is 5.56 Å². The molecule has 1 heterocycles. The third kappa shape index (κ3) is 3.89. The standard InChI is InChI=1S/C14H15ClN2O2/c1-9(2)12(18)8-14-16-13(17-19-14)7-10-4-3-5-11(15)6-10/h3-6,9H,7-8H2,1-2H3. The lowest BCUT2D eigenvalue weighted by molar-refractivity contribution is -0.121. The van der Waals surface area contributed by atoms with Crippen LogP contribution in [-0.4, -0.2) is 15.9 Å². The Morgan fingerprint density at radius 3 is 2.89 bits per heavy atom. The highest BCUT2D eigenvalue weighted by molar-refractivity contribution is 6.30. The summed E-state index contributed by atoms with van der Waals surface area (Å²) in [5, 5.41) is 4.55. The number of aromatic nitrogens is 2. The molecule has 0 radical (unpaired) electrons. The number of Topliss-reactive ketones (excluding diaryl/α,β-unsaturated/α-hetero) is 1. The van der Waals surface area contributed by atoms with Gasteiger partial charge in [0.15, 0.2) is 5.82 Å². The Kier molecular flexibility index (Phi) is 4.32. The minimum atomic E-state index is -0.0247. The molecule has 1 aromatic carbocycles. The van der Waals surface area contributed by atoms with E-state index >= 15 is 0 Å². The molecule has 0 aliphatic rings. The third-order valence-corrected chi connectivity index (χ3v) is 2.97. The summed E-state index contributed by atoms with van der Waals surface area (Å²) in [5.41, 5.74) is 1.01.